The number of halogens is 1. The Morgan fingerprint density at radius 3 is 2.38 bits per heavy atom. The summed E-state index contributed by atoms with van der Waals surface area (Å²) < 4.78 is 42.7. The first-order valence-corrected chi connectivity index (χ1v) is 13.1. The van der Waals surface area contributed by atoms with Gasteiger partial charge in [0.25, 0.3) is 0 Å². The first-order valence-electron chi connectivity index (χ1n) is 11.6. The predicted octanol–water partition coefficient (Wildman–Crippen LogP) is 3.37. The van der Waals surface area contributed by atoms with E-state index in [0.717, 1.165) is 44.6 Å². The maximum atomic E-state index is 13.8. The van der Waals surface area contributed by atoms with Crippen molar-refractivity contribution in [2.24, 2.45) is 28.4 Å². The first kappa shape index (κ1) is 22.0. The Balaban J connectivity index is 1.40. The highest BCUT2D eigenvalue weighted by molar-refractivity contribution is 7.89. The molecule has 6 nitrogen and oxygen atoms in total. The zero-order valence-electron chi connectivity index (χ0n) is 18.5. The molecule has 5 aliphatic rings. The molecular formula is C24H31FN2O4S. The molecule has 2 unspecified atom stereocenters. The second-order valence-corrected chi connectivity index (χ2v) is 12.8. The number of benzene rings is 1. The normalized spacial score (nSPS) is 34.8. The molecule has 0 heterocycles. The standard InChI is InChI=1S/C24H31FN2O4S/c1-15-3-4-18(25)8-19(15)32(30,31)27-24(5-2-6-24)20(28)13-22-9-16-7-17(10-22)12-23(11-16,14-22)21(26)29/h3-4,8,16-17,27H,2,5-7,9-14H2,1H3,(H2,26,29). The van der Waals surface area contributed by atoms with Gasteiger partial charge in [0.1, 0.15) is 5.82 Å². The van der Waals surface area contributed by atoms with Crippen LogP contribution in [-0.4, -0.2) is 25.6 Å². The summed E-state index contributed by atoms with van der Waals surface area (Å²) in [6.45, 7) is 1.61. The number of rotatable bonds is 7. The number of hydrogen-bond donors (Lipinski definition) is 2. The van der Waals surface area contributed by atoms with Gasteiger partial charge >= 0.3 is 0 Å². The lowest BCUT2D eigenvalue weighted by Crippen LogP contribution is -2.62. The van der Waals surface area contributed by atoms with Gasteiger partial charge in [-0.05, 0) is 99.7 Å². The molecule has 1 amide bonds. The first-order chi connectivity index (χ1) is 15.0. The molecule has 5 saturated carbocycles. The van der Waals surface area contributed by atoms with Crippen LogP contribution in [0.1, 0.15) is 69.8 Å². The minimum atomic E-state index is -4.05. The lowest BCUT2D eigenvalue weighted by molar-refractivity contribution is -0.159. The molecule has 6 rings (SSSR count). The summed E-state index contributed by atoms with van der Waals surface area (Å²) in [5, 5.41) is 0. The molecule has 8 heteroatoms. The van der Waals surface area contributed by atoms with Gasteiger partial charge in [-0.25, -0.2) is 12.8 Å². The van der Waals surface area contributed by atoms with Crippen LogP contribution >= 0.6 is 0 Å². The number of hydrogen-bond acceptors (Lipinski definition) is 4. The van der Waals surface area contributed by atoms with Gasteiger partial charge in [0.15, 0.2) is 5.78 Å². The number of carbonyl (C=O) groups is 2. The summed E-state index contributed by atoms with van der Waals surface area (Å²) >= 11 is 0. The van der Waals surface area contributed by atoms with Crippen molar-refractivity contribution in [2.75, 3.05) is 0 Å². The second-order valence-electron chi connectivity index (χ2n) is 11.2. The number of ketones is 1. The lowest BCUT2D eigenvalue weighted by Gasteiger charge is -2.61. The van der Waals surface area contributed by atoms with Crippen LogP contribution in [0.2, 0.25) is 0 Å². The van der Waals surface area contributed by atoms with Crippen LogP contribution in [-0.2, 0) is 19.6 Å². The molecule has 0 radical (unpaired) electrons. The van der Waals surface area contributed by atoms with E-state index in [1.807, 2.05) is 0 Å². The second kappa shape index (κ2) is 7.10. The summed E-state index contributed by atoms with van der Waals surface area (Å²) in [5.74, 6) is -0.136. The van der Waals surface area contributed by atoms with Gasteiger partial charge in [-0.3, -0.25) is 9.59 Å². The number of amides is 1. The molecule has 5 aliphatic carbocycles. The Morgan fingerprint density at radius 2 is 1.81 bits per heavy atom. The number of sulfonamides is 1. The summed E-state index contributed by atoms with van der Waals surface area (Å²) in [7, 11) is -4.05. The number of nitrogens with two attached hydrogens (primary N) is 1. The summed E-state index contributed by atoms with van der Waals surface area (Å²) in [5.41, 5.74) is 4.36. The Labute approximate surface area is 188 Å². The van der Waals surface area contributed by atoms with Gasteiger partial charge in [0.2, 0.25) is 15.9 Å². The van der Waals surface area contributed by atoms with E-state index < -0.39 is 26.8 Å². The van der Waals surface area contributed by atoms with Crippen LogP contribution in [0.15, 0.2) is 23.1 Å². The summed E-state index contributed by atoms with van der Waals surface area (Å²) in [6, 6.07) is 3.66. The molecule has 1 aromatic carbocycles. The Kier molecular flexibility index (Phi) is 4.88. The topological polar surface area (TPSA) is 106 Å². The van der Waals surface area contributed by atoms with E-state index in [1.165, 1.54) is 12.1 Å². The molecule has 0 aromatic heterocycles. The van der Waals surface area contributed by atoms with Crippen molar-refractivity contribution in [3.8, 4) is 0 Å². The zero-order valence-corrected chi connectivity index (χ0v) is 19.3. The monoisotopic (exact) mass is 462 g/mol. The Morgan fingerprint density at radius 1 is 1.16 bits per heavy atom. The van der Waals surface area contributed by atoms with Crippen molar-refractivity contribution in [1.82, 2.24) is 4.72 Å². The van der Waals surface area contributed by atoms with Crippen LogP contribution in [0.3, 0.4) is 0 Å². The van der Waals surface area contributed by atoms with E-state index in [9.17, 15) is 22.4 Å². The van der Waals surface area contributed by atoms with Crippen LogP contribution in [0.4, 0.5) is 4.39 Å². The highest BCUT2D eigenvalue weighted by atomic mass is 32.2. The third-order valence-electron chi connectivity index (χ3n) is 8.75. The molecule has 3 N–H and O–H groups in total. The number of primary amides is 1. The van der Waals surface area contributed by atoms with Gasteiger partial charge in [-0.2, -0.15) is 4.72 Å². The summed E-state index contributed by atoms with van der Waals surface area (Å²) in [6.07, 6.45) is 7.15. The quantitative estimate of drug-likeness (QED) is 0.648. The van der Waals surface area contributed by atoms with Crippen LogP contribution < -0.4 is 10.5 Å². The van der Waals surface area contributed by atoms with Crippen molar-refractivity contribution in [3.63, 3.8) is 0 Å². The number of nitrogens with one attached hydrogen (secondary N) is 1. The van der Waals surface area contributed by atoms with Crippen LogP contribution in [0.25, 0.3) is 0 Å². The molecule has 5 fully saturated rings. The summed E-state index contributed by atoms with van der Waals surface area (Å²) in [4.78, 5) is 25.9. The Bertz CT molecular complexity index is 1080. The number of carbonyl (C=O) groups excluding carboxylic acids is 2. The highest BCUT2D eigenvalue weighted by Gasteiger charge is 2.61. The van der Waals surface area contributed by atoms with Crippen molar-refractivity contribution in [3.05, 3.63) is 29.6 Å². The third kappa shape index (κ3) is 3.41. The third-order valence-corrected chi connectivity index (χ3v) is 10.4. The smallest absolute Gasteiger partial charge is 0.241 e. The molecule has 4 bridgehead atoms. The predicted molar refractivity (Wildman–Crippen MR) is 116 cm³/mol. The minimum absolute atomic E-state index is 0.0945. The molecule has 0 spiro atoms. The molecule has 1 aromatic rings. The van der Waals surface area contributed by atoms with Gasteiger partial charge in [0, 0.05) is 6.42 Å². The van der Waals surface area contributed by atoms with Gasteiger partial charge in [-0.1, -0.05) is 6.07 Å². The SMILES string of the molecule is Cc1ccc(F)cc1S(=O)(=O)NC1(C(=O)CC23CC4CC(C2)CC(C(N)=O)(C4)C3)CCC1. The van der Waals surface area contributed by atoms with E-state index in [2.05, 4.69) is 4.72 Å². The van der Waals surface area contributed by atoms with Gasteiger partial charge in [-0.15, -0.1) is 0 Å². The molecule has 174 valence electrons. The van der Waals surface area contributed by atoms with Crippen molar-refractivity contribution < 1.29 is 22.4 Å². The Hall–Kier alpha value is -1.80. The fourth-order valence-electron chi connectivity index (χ4n) is 7.60. The zero-order chi connectivity index (χ0) is 22.9. The van der Waals surface area contributed by atoms with Crippen LogP contribution in [0.5, 0.6) is 0 Å². The van der Waals surface area contributed by atoms with E-state index >= 15 is 0 Å². The average Bonchev–Trinajstić information content (AvgIpc) is 2.65. The molecule has 2 atom stereocenters. The molecule has 32 heavy (non-hydrogen) atoms. The van der Waals surface area contributed by atoms with E-state index in [0.29, 0.717) is 36.7 Å². The van der Waals surface area contributed by atoms with Crippen LogP contribution in [0, 0.1) is 35.4 Å². The molecule has 0 saturated heterocycles. The molecule has 0 aliphatic heterocycles. The average molecular weight is 463 g/mol. The van der Waals surface area contributed by atoms with E-state index in [1.54, 1.807) is 6.92 Å². The lowest BCUT2D eigenvalue weighted by atomic mass is 9.43. The maximum Gasteiger partial charge on any atom is 0.241 e. The van der Waals surface area contributed by atoms with Crippen molar-refractivity contribution >= 4 is 21.7 Å². The van der Waals surface area contributed by atoms with E-state index in [-0.39, 0.29) is 28.4 Å². The minimum Gasteiger partial charge on any atom is -0.369 e. The fourth-order valence-corrected chi connectivity index (χ4v) is 9.30. The maximum absolute atomic E-state index is 13.8. The fraction of sp³-hybridized carbons (Fsp3) is 0.667. The number of aryl methyl sites for hydroxylation is 1. The van der Waals surface area contributed by atoms with Crippen molar-refractivity contribution in [2.45, 2.75) is 81.6 Å². The van der Waals surface area contributed by atoms with E-state index in [4.69, 9.17) is 5.73 Å². The number of Topliss-reactive ketones (excluding diaryl/α,β-unsaturated/α-hetero) is 1. The molecular weight excluding hydrogens is 431 g/mol. The van der Waals surface area contributed by atoms with Gasteiger partial charge in [0.05, 0.1) is 15.8 Å². The largest absolute Gasteiger partial charge is 0.369 e. The van der Waals surface area contributed by atoms with Crippen molar-refractivity contribution in [1.29, 1.82) is 0 Å². The van der Waals surface area contributed by atoms with Gasteiger partial charge < -0.3 is 5.73 Å². The highest BCUT2D eigenvalue weighted by Crippen LogP contribution is 2.66.